The number of benzene rings is 2. The van der Waals surface area contributed by atoms with Gasteiger partial charge in [0.2, 0.25) is 5.91 Å². The van der Waals surface area contributed by atoms with E-state index in [1.54, 1.807) is 12.1 Å². The minimum Gasteiger partial charge on any atom is -0.363 e. The number of anilines is 1. The van der Waals surface area contributed by atoms with Crippen LogP contribution in [0.15, 0.2) is 48.5 Å². The maximum atomic E-state index is 12.4. The quantitative estimate of drug-likeness (QED) is 0.592. The van der Waals surface area contributed by atoms with Crippen LogP contribution in [0.5, 0.6) is 0 Å². The van der Waals surface area contributed by atoms with Gasteiger partial charge in [-0.15, -0.1) is 0 Å². The summed E-state index contributed by atoms with van der Waals surface area (Å²) in [4.78, 5) is 27.3. The van der Waals surface area contributed by atoms with E-state index in [-0.39, 0.29) is 17.6 Å². The predicted molar refractivity (Wildman–Crippen MR) is 110 cm³/mol. The largest absolute Gasteiger partial charge is 0.363 e. The van der Waals surface area contributed by atoms with Gasteiger partial charge in [0.1, 0.15) is 5.69 Å². The summed E-state index contributed by atoms with van der Waals surface area (Å²) in [6.45, 7) is 4.83. The third-order valence-electron chi connectivity index (χ3n) is 4.89. The number of nitro benzene ring substituents is 1. The number of carbonyl (C=O) groups is 1. The van der Waals surface area contributed by atoms with Crippen molar-refractivity contribution >= 4 is 28.9 Å². The van der Waals surface area contributed by atoms with Crippen LogP contribution in [-0.2, 0) is 4.79 Å². The van der Waals surface area contributed by atoms with Crippen LogP contribution in [0.1, 0.15) is 18.5 Å². The van der Waals surface area contributed by atoms with E-state index in [1.807, 2.05) is 42.2 Å². The van der Waals surface area contributed by atoms with Crippen molar-refractivity contribution in [3.8, 4) is 0 Å². The fraction of sp³-hybridized carbons (Fsp3) is 0.350. The Labute approximate surface area is 169 Å². The molecule has 148 valence electrons. The molecule has 1 aliphatic rings. The number of halogens is 1. The number of hydrogen-bond donors (Lipinski definition) is 1. The number of piperazine rings is 1. The predicted octanol–water partition coefficient (Wildman–Crippen LogP) is 3.25. The van der Waals surface area contributed by atoms with Gasteiger partial charge in [-0.05, 0) is 24.6 Å². The molecule has 1 aliphatic heterocycles. The lowest BCUT2D eigenvalue weighted by Gasteiger charge is -2.35. The van der Waals surface area contributed by atoms with Crippen LogP contribution in [0.2, 0.25) is 5.02 Å². The molecule has 28 heavy (non-hydrogen) atoms. The van der Waals surface area contributed by atoms with Gasteiger partial charge in [0.15, 0.2) is 0 Å². The fourth-order valence-corrected chi connectivity index (χ4v) is 3.54. The van der Waals surface area contributed by atoms with Gasteiger partial charge in [0.05, 0.1) is 17.5 Å². The molecular formula is C20H23ClN4O3. The van der Waals surface area contributed by atoms with Crippen LogP contribution in [0.3, 0.4) is 0 Å². The average molecular weight is 403 g/mol. The molecule has 1 N–H and O–H groups in total. The van der Waals surface area contributed by atoms with Gasteiger partial charge in [0.25, 0.3) is 5.69 Å². The van der Waals surface area contributed by atoms with Crippen molar-refractivity contribution in [2.24, 2.45) is 0 Å². The van der Waals surface area contributed by atoms with Crippen LogP contribution < -0.4 is 10.2 Å². The van der Waals surface area contributed by atoms with Gasteiger partial charge < -0.3 is 10.2 Å². The standard InChI is InChI=1S/C20H23ClN4O3/c1-15(16-5-3-2-4-6-16)22-20(26)14-23-9-11-24(12-10-23)18-8-7-17(21)13-19(18)25(27)28/h2-8,13,15H,9-12,14H2,1H3,(H,22,26). The monoisotopic (exact) mass is 402 g/mol. The Morgan fingerprint density at radius 3 is 2.50 bits per heavy atom. The van der Waals surface area contributed by atoms with E-state index in [9.17, 15) is 14.9 Å². The molecule has 0 spiro atoms. The summed E-state index contributed by atoms with van der Waals surface area (Å²) >= 11 is 5.89. The lowest BCUT2D eigenvalue weighted by molar-refractivity contribution is -0.384. The van der Waals surface area contributed by atoms with Crippen LogP contribution in [-0.4, -0.2) is 48.5 Å². The van der Waals surface area contributed by atoms with Gasteiger partial charge >= 0.3 is 0 Å². The highest BCUT2D eigenvalue weighted by atomic mass is 35.5. The molecular weight excluding hydrogens is 380 g/mol. The number of rotatable bonds is 6. The van der Waals surface area contributed by atoms with Gasteiger partial charge in [-0.25, -0.2) is 0 Å². The number of nitrogens with one attached hydrogen (secondary N) is 1. The van der Waals surface area contributed by atoms with Crippen molar-refractivity contribution in [2.75, 3.05) is 37.6 Å². The number of amides is 1. The van der Waals surface area contributed by atoms with Crippen LogP contribution in [0, 0.1) is 10.1 Å². The molecule has 1 atom stereocenters. The highest BCUT2D eigenvalue weighted by Gasteiger charge is 2.25. The Hall–Kier alpha value is -2.64. The zero-order valence-electron chi connectivity index (χ0n) is 15.7. The van der Waals surface area contributed by atoms with Gasteiger partial charge in [-0.1, -0.05) is 41.9 Å². The molecule has 2 aromatic carbocycles. The molecule has 0 aliphatic carbocycles. The molecule has 0 aromatic heterocycles. The van der Waals surface area contributed by atoms with Crippen molar-refractivity contribution in [3.05, 3.63) is 69.2 Å². The second-order valence-electron chi connectivity index (χ2n) is 6.85. The highest BCUT2D eigenvalue weighted by Crippen LogP contribution is 2.31. The highest BCUT2D eigenvalue weighted by molar-refractivity contribution is 6.30. The number of nitro groups is 1. The smallest absolute Gasteiger partial charge is 0.294 e. The Morgan fingerprint density at radius 2 is 1.86 bits per heavy atom. The molecule has 1 heterocycles. The van der Waals surface area contributed by atoms with E-state index < -0.39 is 4.92 Å². The summed E-state index contributed by atoms with van der Waals surface area (Å²) in [6.07, 6.45) is 0. The first-order chi connectivity index (χ1) is 13.4. The van der Waals surface area contributed by atoms with Gasteiger partial charge in [-0.3, -0.25) is 19.8 Å². The summed E-state index contributed by atoms with van der Waals surface area (Å²) in [5, 5.41) is 14.7. The van der Waals surface area contributed by atoms with Crippen molar-refractivity contribution in [1.29, 1.82) is 0 Å². The van der Waals surface area contributed by atoms with Crippen LogP contribution in [0.4, 0.5) is 11.4 Å². The minimum atomic E-state index is -0.411. The van der Waals surface area contributed by atoms with E-state index in [0.29, 0.717) is 43.4 Å². The lowest BCUT2D eigenvalue weighted by atomic mass is 10.1. The average Bonchev–Trinajstić information content (AvgIpc) is 2.69. The maximum Gasteiger partial charge on any atom is 0.294 e. The molecule has 3 rings (SSSR count). The molecule has 2 aromatic rings. The van der Waals surface area contributed by atoms with E-state index in [0.717, 1.165) is 5.56 Å². The summed E-state index contributed by atoms with van der Waals surface area (Å²) in [6, 6.07) is 14.5. The number of nitrogens with zero attached hydrogens (tertiary/aromatic N) is 3. The lowest BCUT2D eigenvalue weighted by Crippen LogP contribution is -2.49. The fourth-order valence-electron chi connectivity index (χ4n) is 3.37. The molecule has 1 unspecified atom stereocenters. The van der Waals surface area contributed by atoms with E-state index in [2.05, 4.69) is 10.2 Å². The van der Waals surface area contributed by atoms with Gasteiger partial charge in [-0.2, -0.15) is 0 Å². The normalized spacial score (nSPS) is 15.9. The zero-order valence-corrected chi connectivity index (χ0v) is 16.4. The Kier molecular flexibility index (Phi) is 6.49. The number of carbonyl (C=O) groups excluding carboxylic acids is 1. The first-order valence-corrected chi connectivity index (χ1v) is 9.57. The summed E-state index contributed by atoms with van der Waals surface area (Å²) in [5.41, 5.74) is 1.64. The van der Waals surface area contributed by atoms with Crippen molar-refractivity contribution < 1.29 is 9.72 Å². The Morgan fingerprint density at radius 1 is 1.18 bits per heavy atom. The third-order valence-corrected chi connectivity index (χ3v) is 5.13. The molecule has 7 nitrogen and oxygen atoms in total. The third kappa shape index (κ3) is 4.99. The molecule has 1 saturated heterocycles. The molecule has 0 bridgehead atoms. The van der Waals surface area contributed by atoms with Crippen molar-refractivity contribution in [2.45, 2.75) is 13.0 Å². The summed E-state index contributed by atoms with van der Waals surface area (Å²) < 4.78 is 0. The van der Waals surface area contributed by atoms with Crippen LogP contribution in [0.25, 0.3) is 0 Å². The SMILES string of the molecule is CC(NC(=O)CN1CCN(c2ccc(Cl)cc2[N+](=O)[O-])CC1)c1ccccc1. The first-order valence-electron chi connectivity index (χ1n) is 9.19. The summed E-state index contributed by atoms with van der Waals surface area (Å²) in [7, 11) is 0. The van der Waals surface area contributed by atoms with Gasteiger partial charge in [0, 0.05) is 37.3 Å². The molecule has 1 amide bonds. The number of hydrogen-bond acceptors (Lipinski definition) is 5. The second kappa shape index (κ2) is 9.03. The second-order valence-corrected chi connectivity index (χ2v) is 7.29. The molecule has 1 fully saturated rings. The summed E-state index contributed by atoms with van der Waals surface area (Å²) in [5.74, 6) is -0.0257. The molecule has 8 heteroatoms. The maximum absolute atomic E-state index is 12.4. The van der Waals surface area contributed by atoms with Crippen LogP contribution >= 0.6 is 11.6 Å². The molecule has 0 radical (unpaired) electrons. The van der Waals surface area contributed by atoms with Crippen molar-refractivity contribution in [1.82, 2.24) is 10.2 Å². The van der Waals surface area contributed by atoms with Crippen molar-refractivity contribution in [3.63, 3.8) is 0 Å². The molecule has 0 saturated carbocycles. The van der Waals surface area contributed by atoms with E-state index in [1.165, 1.54) is 6.07 Å². The van der Waals surface area contributed by atoms with E-state index in [4.69, 9.17) is 11.6 Å². The van der Waals surface area contributed by atoms with E-state index >= 15 is 0 Å². The first kappa shape index (κ1) is 20.1. The minimum absolute atomic E-state index is 0.00961. The zero-order chi connectivity index (χ0) is 20.1. The Bertz CT molecular complexity index is 839. The Balaban J connectivity index is 1.53. The topological polar surface area (TPSA) is 78.7 Å².